The van der Waals surface area contributed by atoms with E-state index in [0.29, 0.717) is 19.3 Å². The zero-order valence-corrected chi connectivity index (χ0v) is 49.1. The number of carbonyl (C=O) groups excluding carboxylic acids is 3. The number of carbonyl (C=O) groups is 4. The van der Waals surface area contributed by atoms with Crippen molar-refractivity contribution in [2.24, 2.45) is 0 Å². The van der Waals surface area contributed by atoms with Crippen molar-refractivity contribution in [2.75, 3.05) is 13.2 Å². The second-order valence-corrected chi connectivity index (χ2v) is 20.2. The lowest BCUT2D eigenvalue weighted by Gasteiger charge is -2.40. The first-order valence-electron chi connectivity index (χ1n) is 30.5. The minimum atomic E-state index is -1.92. The molecular formula is C67H106O12. The lowest BCUT2D eigenvalue weighted by atomic mass is 9.98. The fraction of sp³-hybridized carbons (Fsp3) is 0.642. The summed E-state index contributed by atoms with van der Waals surface area (Å²) < 4.78 is 28.4. The Kier molecular flexibility index (Phi) is 49.1. The smallest absolute Gasteiger partial charge is 0.335 e. The molecule has 1 aliphatic rings. The maximum absolute atomic E-state index is 13.1. The second kappa shape index (κ2) is 53.7. The molecule has 0 amide bonds. The van der Waals surface area contributed by atoms with E-state index in [-0.39, 0.29) is 25.9 Å². The van der Waals surface area contributed by atoms with E-state index in [1.54, 1.807) is 0 Å². The predicted molar refractivity (Wildman–Crippen MR) is 321 cm³/mol. The highest BCUT2D eigenvalue weighted by Crippen LogP contribution is 2.26. The van der Waals surface area contributed by atoms with Gasteiger partial charge in [-0.2, -0.15) is 0 Å². The molecule has 0 aliphatic carbocycles. The largest absolute Gasteiger partial charge is 0.479 e. The number of carboxylic acid groups (broad SMARTS) is 1. The average molecular weight is 1100 g/mol. The maximum atomic E-state index is 13.1. The van der Waals surface area contributed by atoms with Gasteiger partial charge in [0.25, 0.3) is 0 Å². The van der Waals surface area contributed by atoms with Crippen LogP contribution in [-0.4, -0.2) is 89.2 Å². The van der Waals surface area contributed by atoms with Gasteiger partial charge in [-0.15, -0.1) is 0 Å². The summed E-state index contributed by atoms with van der Waals surface area (Å²) in [5.41, 5.74) is 0. The van der Waals surface area contributed by atoms with E-state index in [4.69, 9.17) is 23.7 Å². The van der Waals surface area contributed by atoms with Crippen LogP contribution in [0.3, 0.4) is 0 Å². The number of carboxylic acids is 1. The molecule has 6 unspecified atom stereocenters. The summed E-state index contributed by atoms with van der Waals surface area (Å²) in [6, 6.07) is 0. The highest BCUT2D eigenvalue weighted by Gasteiger charge is 2.50. The second-order valence-electron chi connectivity index (χ2n) is 20.2. The van der Waals surface area contributed by atoms with Crippen molar-refractivity contribution in [1.29, 1.82) is 0 Å². The van der Waals surface area contributed by atoms with E-state index in [2.05, 4.69) is 142 Å². The topological polar surface area (TPSA) is 175 Å². The minimum absolute atomic E-state index is 0.0333. The Labute approximate surface area is 478 Å². The van der Waals surface area contributed by atoms with Crippen molar-refractivity contribution >= 4 is 23.9 Å². The summed E-state index contributed by atoms with van der Waals surface area (Å²) in [6.07, 6.45) is 61.6. The first kappa shape index (κ1) is 72.1. The van der Waals surface area contributed by atoms with Gasteiger partial charge >= 0.3 is 23.9 Å². The van der Waals surface area contributed by atoms with Gasteiger partial charge in [-0.1, -0.05) is 200 Å². The molecule has 1 aliphatic heterocycles. The highest BCUT2D eigenvalue weighted by molar-refractivity contribution is 5.74. The third kappa shape index (κ3) is 43.6. The van der Waals surface area contributed by atoms with Crippen molar-refractivity contribution < 1.29 is 58.2 Å². The Morgan fingerprint density at radius 2 is 0.797 bits per heavy atom. The maximum Gasteiger partial charge on any atom is 0.335 e. The molecule has 1 rings (SSSR count). The fourth-order valence-corrected chi connectivity index (χ4v) is 8.38. The molecule has 6 atom stereocenters. The van der Waals surface area contributed by atoms with Gasteiger partial charge in [-0.25, -0.2) is 4.79 Å². The Balaban J connectivity index is 2.71. The monoisotopic (exact) mass is 1100 g/mol. The lowest BCUT2D eigenvalue weighted by Crippen LogP contribution is -2.61. The van der Waals surface area contributed by atoms with Crippen LogP contribution in [0.2, 0.25) is 0 Å². The Bertz CT molecular complexity index is 1840. The van der Waals surface area contributed by atoms with Crippen LogP contribution in [0.4, 0.5) is 0 Å². The molecule has 12 nitrogen and oxygen atoms in total. The molecule has 0 radical (unpaired) electrons. The summed E-state index contributed by atoms with van der Waals surface area (Å²) in [7, 11) is 0. The van der Waals surface area contributed by atoms with Crippen molar-refractivity contribution in [3.05, 3.63) is 122 Å². The summed E-state index contributed by atoms with van der Waals surface area (Å²) >= 11 is 0. The molecule has 0 aromatic heterocycles. The Hall–Kier alpha value is -4.88. The molecule has 0 saturated carbocycles. The molecule has 1 fully saturated rings. The van der Waals surface area contributed by atoms with Crippen molar-refractivity contribution in [1.82, 2.24) is 0 Å². The summed E-state index contributed by atoms with van der Waals surface area (Å²) in [6.45, 7) is 5.68. The SMILES string of the molecule is CC/C=C\C/C=C\C/C=C\C/C=C\CCCCCCC(=O)OCC(COC1OC(C(=O)O)C(O)C(O)C1OC(=O)CCCCCCCC/C=C\C/C=C\C/C=C\CCCCC)OC(=O)CCCCC/C=C\C/C=C\C/C=C\CC. The van der Waals surface area contributed by atoms with Gasteiger partial charge in [-0.05, 0) is 128 Å². The van der Waals surface area contributed by atoms with Crippen LogP contribution in [-0.2, 0) is 42.9 Å². The molecule has 12 heteroatoms. The summed E-state index contributed by atoms with van der Waals surface area (Å²) in [5.74, 6) is -3.22. The number of ether oxygens (including phenoxy) is 5. The average Bonchev–Trinajstić information content (AvgIpc) is 3.47. The normalized spacial score (nSPS) is 18.7. The van der Waals surface area contributed by atoms with Gasteiger partial charge in [0.05, 0.1) is 6.61 Å². The van der Waals surface area contributed by atoms with E-state index in [1.165, 1.54) is 19.3 Å². The predicted octanol–water partition coefficient (Wildman–Crippen LogP) is 16.0. The summed E-state index contributed by atoms with van der Waals surface area (Å²) in [4.78, 5) is 51.2. The van der Waals surface area contributed by atoms with E-state index in [9.17, 15) is 34.5 Å². The number of aliphatic hydroxyl groups excluding tert-OH is 2. The first-order chi connectivity index (χ1) is 38.6. The number of allylic oxidation sites excluding steroid dienone is 20. The van der Waals surface area contributed by atoms with E-state index < -0.39 is 67.3 Å². The van der Waals surface area contributed by atoms with Gasteiger partial charge in [0, 0.05) is 19.3 Å². The minimum Gasteiger partial charge on any atom is -0.479 e. The highest BCUT2D eigenvalue weighted by atomic mass is 16.7. The fourth-order valence-electron chi connectivity index (χ4n) is 8.38. The zero-order chi connectivity index (χ0) is 57.5. The van der Waals surface area contributed by atoms with Crippen molar-refractivity contribution in [3.63, 3.8) is 0 Å². The van der Waals surface area contributed by atoms with Gasteiger partial charge in [0.1, 0.15) is 18.8 Å². The van der Waals surface area contributed by atoms with Crippen LogP contribution in [0, 0.1) is 0 Å². The number of aliphatic carboxylic acids is 1. The van der Waals surface area contributed by atoms with Gasteiger partial charge in [0.2, 0.25) is 0 Å². The van der Waals surface area contributed by atoms with Crippen molar-refractivity contribution in [2.45, 2.75) is 263 Å². The zero-order valence-electron chi connectivity index (χ0n) is 49.1. The number of rotatable bonds is 50. The molecule has 79 heavy (non-hydrogen) atoms. The molecule has 3 N–H and O–H groups in total. The number of aliphatic hydroxyl groups is 2. The molecule has 0 bridgehead atoms. The van der Waals surface area contributed by atoms with Crippen LogP contribution in [0.1, 0.15) is 226 Å². The van der Waals surface area contributed by atoms with E-state index in [1.807, 2.05) is 0 Å². The van der Waals surface area contributed by atoms with Crippen LogP contribution < -0.4 is 0 Å². The Morgan fingerprint density at radius 1 is 0.430 bits per heavy atom. The number of hydrogen-bond acceptors (Lipinski definition) is 11. The van der Waals surface area contributed by atoms with Gasteiger partial charge < -0.3 is 39.0 Å². The van der Waals surface area contributed by atoms with E-state index >= 15 is 0 Å². The molecule has 0 aromatic rings. The Morgan fingerprint density at radius 3 is 1.23 bits per heavy atom. The number of unbranched alkanes of at least 4 members (excludes halogenated alkanes) is 16. The number of hydrogen-bond donors (Lipinski definition) is 3. The van der Waals surface area contributed by atoms with Crippen LogP contribution in [0.15, 0.2) is 122 Å². The van der Waals surface area contributed by atoms with Crippen molar-refractivity contribution in [3.8, 4) is 0 Å². The van der Waals surface area contributed by atoms with Gasteiger partial charge in [0.15, 0.2) is 24.6 Å². The van der Waals surface area contributed by atoms with E-state index in [0.717, 1.165) is 148 Å². The van der Waals surface area contributed by atoms with Gasteiger partial charge in [-0.3, -0.25) is 14.4 Å². The molecule has 1 saturated heterocycles. The molecule has 446 valence electrons. The van der Waals surface area contributed by atoms with Crippen LogP contribution >= 0.6 is 0 Å². The molecule has 0 aromatic carbocycles. The first-order valence-corrected chi connectivity index (χ1v) is 30.5. The van der Waals surface area contributed by atoms with Crippen LogP contribution in [0.5, 0.6) is 0 Å². The summed E-state index contributed by atoms with van der Waals surface area (Å²) in [5, 5.41) is 31.5. The molecule has 0 spiro atoms. The molecular weight excluding hydrogens is 997 g/mol. The lowest BCUT2D eigenvalue weighted by molar-refractivity contribution is -0.301. The quantitative estimate of drug-likeness (QED) is 0.0228. The van der Waals surface area contributed by atoms with Crippen LogP contribution in [0.25, 0.3) is 0 Å². The third-order valence-corrected chi connectivity index (χ3v) is 13.0. The third-order valence-electron chi connectivity index (χ3n) is 13.0. The number of esters is 3. The standard InChI is InChI=1S/C67H106O12/c1-4-7-10-13-16-19-22-25-27-29-30-32-34-37-40-43-46-49-52-55-61(70)78-65-63(72)62(71)64(66(73)74)79-67(65)76-57-58(77-60(69)54-51-48-45-42-39-35-24-21-18-15-12-9-6-3)56-75-59(68)53-50-47-44-41-38-36-33-31-28-26-23-20-17-14-11-8-5-2/h8-9,11-12,16-21,25-28,30,32-33,35-36,39,58,62-65,67,71-72H,4-7,10,13-15,22-24,29,31,34,37-38,40-57H2,1-3H3,(H,73,74)/b11-8-,12-9-,19-16-,20-17-,21-18-,27-25-,28-26-,32-30-,36-33-,39-35-. The molecule has 1 heterocycles.